The number of hydrogen-bond acceptors (Lipinski definition) is 2. The first-order valence-electron chi connectivity index (χ1n) is 5.54. The van der Waals surface area contributed by atoms with Crippen molar-refractivity contribution in [1.82, 2.24) is 0 Å². The van der Waals surface area contributed by atoms with Crippen molar-refractivity contribution < 1.29 is 9.53 Å². The number of allylic oxidation sites excluding steroid dienone is 2. The standard InChI is InChI=1S/C12H18O2/c1-9-4-11(7-12(13)5-9)6-10-2-3-14-8-10/h7,9-10H,2-6,8H2,1H3. The van der Waals surface area contributed by atoms with Crippen LogP contribution in [0.2, 0.25) is 0 Å². The van der Waals surface area contributed by atoms with E-state index in [0.29, 0.717) is 17.6 Å². The summed E-state index contributed by atoms with van der Waals surface area (Å²) in [6.07, 6.45) is 5.97. The Morgan fingerprint density at radius 1 is 1.50 bits per heavy atom. The molecule has 1 saturated heterocycles. The molecule has 0 radical (unpaired) electrons. The Morgan fingerprint density at radius 3 is 3.00 bits per heavy atom. The fourth-order valence-electron chi connectivity index (χ4n) is 2.47. The van der Waals surface area contributed by atoms with Crippen LogP contribution in [0.5, 0.6) is 0 Å². The van der Waals surface area contributed by atoms with E-state index >= 15 is 0 Å². The average Bonchev–Trinajstić information content (AvgIpc) is 2.54. The molecule has 0 saturated carbocycles. The monoisotopic (exact) mass is 194 g/mol. The number of rotatable bonds is 2. The van der Waals surface area contributed by atoms with E-state index in [-0.39, 0.29) is 0 Å². The Bertz CT molecular complexity index is 249. The largest absolute Gasteiger partial charge is 0.381 e. The molecule has 0 aromatic rings. The van der Waals surface area contributed by atoms with Crippen molar-refractivity contribution in [3.05, 3.63) is 11.6 Å². The molecule has 0 amide bonds. The zero-order valence-electron chi connectivity index (χ0n) is 8.79. The molecule has 0 N–H and O–H groups in total. The van der Waals surface area contributed by atoms with E-state index in [0.717, 1.165) is 32.5 Å². The molecule has 1 aliphatic heterocycles. The molecule has 0 spiro atoms. The van der Waals surface area contributed by atoms with Crippen LogP contribution in [0.25, 0.3) is 0 Å². The fourth-order valence-corrected chi connectivity index (χ4v) is 2.47. The van der Waals surface area contributed by atoms with E-state index in [1.165, 1.54) is 12.0 Å². The molecule has 2 nitrogen and oxygen atoms in total. The second kappa shape index (κ2) is 4.26. The summed E-state index contributed by atoms with van der Waals surface area (Å²) >= 11 is 0. The van der Waals surface area contributed by atoms with Gasteiger partial charge in [-0.05, 0) is 37.2 Å². The van der Waals surface area contributed by atoms with Crippen molar-refractivity contribution >= 4 is 5.78 Å². The molecule has 0 aromatic heterocycles. The third-order valence-electron chi connectivity index (χ3n) is 3.10. The van der Waals surface area contributed by atoms with E-state index in [2.05, 4.69) is 6.92 Å². The minimum atomic E-state index is 0.317. The summed E-state index contributed by atoms with van der Waals surface area (Å²) in [5.74, 6) is 1.53. The molecule has 78 valence electrons. The summed E-state index contributed by atoms with van der Waals surface area (Å²) in [6.45, 7) is 3.96. The lowest BCUT2D eigenvalue weighted by Gasteiger charge is -2.20. The zero-order valence-corrected chi connectivity index (χ0v) is 8.79. The maximum Gasteiger partial charge on any atom is 0.155 e. The van der Waals surface area contributed by atoms with E-state index < -0.39 is 0 Å². The highest BCUT2D eigenvalue weighted by Gasteiger charge is 2.21. The number of ether oxygens (including phenoxy) is 1. The predicted octanol–water partition coefficient (Wildman–Crippen LogP) is 2.34. The second-order valence-electron chi connectivity index (χ2n) is 4.72. The van der Waals surface area contributed by atoms with E-state index in [1.54, 1.807) is 0 Å². The molecule has 2 rings (SSSR count). The Labute approximate surface area is 85.3 Å². The molecule has 2 heteroatoms. The summed E-state index contributed by atoms with van der Waals surface area (Å²) in [5, 5.41) is 0. The van der Waals surface area contributed by atoms with Crippen LogP contribution < -0.4 is 0 Å². The van der Waals surface area contributed by atoms with Crippen molar-refractivity contribution in [3.63, 3.8) is 0 Å². The molecule has 1 aliphatic carbocycles. The van der Waals surface area contributed by atoms with Gasteiger partial charge in [-0.25, -0.2) is 0 Å². The van der Waals surface area contributed by atoms with Crippen molar-refractivity contribution in [2.75, 3.05) is 13.2 Å². The van der Waals surface area contributed by atoms with Crippen molar-refractivity contribution in [1.29, 1.82) is 0 Å². The van der Waals surface area contributed by atoms with Gasteiger partial charge in [-0.1, -0.05) is 12.5 Å². The van der Waals surface area contributed by atoms with Crippen LogP contribution in [-0.4, -0.2) is 19.0 Å². The van der Waals surface area contributed by atoms with Gasteiger partial charge in [0.1, 0.15) is 0 Å². The smallest absolute Gasteiger partial charge is 0.155 e. The molecule has 1 fully saturated rings. The lowest BCUT2D eigenvalue weighted by molar-refractivity contribution is -0.115. The summed E-state index contributed by atoms with van der Waals surface area (Å²) in [7, 11) is 0. The van der Waals surface area contributed by atoms with Crippen molar-refractivity contribution in [3.8, 4) is 0 Å². The maximum absolute atomic E-state index is 11.4. The fraction of sp³-hybridized carbons (Fsp3) is 0.750. The van der Waals surface area contributed by atoms with Crippen LogP contribution in [-0.2, 0) is 9.53 Å². The van der Waals surface area contributed by atoms with E-state index in [4.69, 9.17) is 4.74 Å². The first-order valence-corrected chi connectivity index (χ1v) is 5.54. The second-order valence-corrected chi connectivity index (χ2v) is 4.72. The Balaban J connectivity index is 1.92. The number of carbonyl (C=O) groups is 1. The topological polar surface area (TPSA) is 26.3 Å². The van der Waals surface area contributed by atoms with Gasteiger partial charge in [0.05, 0.1) is 0 Å². The lowest BCUT2D eigenvalue weighted by atomic mass is 9.85. The van der Waals surface area contributed by atoms with Gasteiger partial charge < -0.3 is 4.74 Å². The first-order chi connectivity index (χ1) is 6.74. The number of carbonyl (C=O) groups excluding carboxylic acids is 1. The minimum absolute atomic E-state index is 0.317. The van der Waals surface area contributed by atoms with Crippen molar-refractivity contribution in [2.24, 2.45) is 11.8 Å². The van der Waals surface area contributed by atoms with Crippen LogP contribution in [0.3, 0.4) is 0 Å². The highest BCUT2D eigenvalue weighted by atomic mass is 16.5. The van der Waals surface area contributed by atoms with Gasteiger partial charge in [-0.3, -0.25) is 4.79 Å². The highest BCUT2D eigenvalue weighted by molar-refractivity contribution is 5.91. The highest BCUT2D eigenvalue weighted by Crippen LogP contribution is 2.29. The van der Waals surface area contributed by atoms with Gasteiger partial charge in [0.25, 0.3) is 0 Å². The van der Waals surface area contributed by atoms with Crippen LogP contribution in [0.1, 0.15) is 32.6 Å². The Kier molecular flexibility index (Phi) is 3.02. The number of hydrogen-bond donors (Lipinski definition) is 0. The third-order valence-corrected chi connectivity index (χ3v) is 3.10. The van der Waals surface area contributed by atoms with Crippen molar-refractivity contribution in [2.45, 2.75) is 32.6 Å². The van der Waals surface area contributed by atoms with Gasteiger partial charge >= 0.3 is 0 Å². The molecule has 2 unspecified atom stereocenters. The summed E-state index contributed by atoms with van der Waals surface area (Å²) in [5.41, 5.74) is 1.35. The SMILES string of the molecule is CC1CC(=O)C=C(CC2CCOC2)C1. The summed E-state index contributed by atoms with van der Waals surface area (Å²) in [6, 6.07) is 0. The molecule has 2 aliphatic rings. The van der Waals surface area contributed by atoms with Crippen LogP contribution in [0.4, 0.5) is 0 Å². The van der Waals surface area contributed by atoms with E-state index in [9.17, 15) is 4.79 Å². The van der Waals surface area contributed by atoms with Gasteiger partial charge in [0, 0.05) is 19.6 Å². The van der Waals surface area contributed by atoms with Gasteiger partial charge in [0.2, 0.25) is 0 Å². The molecule has 14 heavy (non-hydrogen) atoms. The maximum atomic E-state index is 11.4. The third kappa shape index (κ3) is 2.44. The van der Waals surface area contributed by atoms with Gasteiger partial charge in [0.15, 0.2) is 5.78 Å². The first kappa shape index (κ1) is 9.91. The van der Waals surface area contributed by atoms with Crippen LogP contribution in [0.15, 0.2) is 11.6 Å². The van der Waals surface area contributed by atoms with Crippen LogP contribution >= 0.6 is 0 Å². The summed E-state index contributed by atoms with van der Waals surface area (Å²) < 4.78 is 5.34. The normalized spacial score (nSPS) is 33.2. The molecule has 1 heterocycles. The zero-order chi connectivity index (χ0) is 9.97. The van der Waals surface area contributed by atoms with E-state index in [1.807, 2.05) is 6.08 Å². The van der Waals surface area contributed by atoms with Gasteiger partial charge in [-0.15, -0.1) is 0 Å². The minimum Gasteiger partial charge on any atom is -0.381 e. The molecular formula is C12H18O2. The molecular weight excluding hydrogens is 176 g/mol. The average molecular weight is 194 g/mol. The summed E-state index contributed by atoms with van der Waals surface area (Å²) in [4.78, 5) is 11.4. The Morgan fingerprint density at radius 2 is 2.36 bits per heavy atom. The predicted molar refractivity (Wildman–Crippen MR) is 55.0 cm³/mol. The van der Waals surface area contributed by atoms with Crippen LogP contribution in [0, 0.1) is 11.8 Å². The molecule has 0 aromatic carbocycles. The quantitative estimate of drug-likeness (QED) is 0.674. The molecule has 2 atom stereocenters. The molecule has 0 bridgehead atoms. The Hall–Kier alpha value is -0.630. The lowest BCUT2D eigenvalue weighted by Crippen LogP contribution is -2.13. The number of ketones is 1. The van der Waals surface area contributed by atoms with Gasteiger partial charge in [-0.2, -0.15) is 0 Å².